The summed E-state index contributed by atoms with van der Waals surface area (Å²) in [6.45, 7) is 0. The van der Waals surface area contributed by atoms with Crippen molar-refractivity contribution in [2.45, 2.75) is 0 Å². The van der Waals surface area contributed by atoms with E-state index in [4.69, 9.17) is 10.2 Å². The van der Waals surface area contributed by atoms with Crippen molar-refractivity contribution in [3.05, 3.63) is 0 Å². The van der Waals surface area contributed by atoms with Crippen LogP contribution in [0.2, 0.25) is 0 Å². The topological polar surface area (TPSA) is 40.5 Å². The number of aliphatic hydroxyl groups is 2. The second-order valence-electron chi connectivity index (χ2n) is 0.532. The fourth-order valence-electron chi connectivity index (χ4n) is 0. The van der Waals surface area contributed by atoms with Crippen LogP contribution in [0.5, 0.6) is 0 Å². The number of hydrogen-bond acceptors (Lipinski definition) is 4. The van der Waals surface area contributed by atoms with Crippen LogP contribution in [0.15, 0.2) is 0 Å². The first-order valence-electron chi connectivity index (χ1n) is 1.26. The van der Waals surface area contributed by atoms with Crippen molar-refractivity contribution in [3.63, 3.8) is 0 Å². The summed E-state index contributed by atoms with van der Waals surface area (Å²) >= 11 is 15.6. The molecule has 0 rings (SSSR count). The SMILES string of the molecule is OC(=S)[S-].OC(=S)[S-].[Cd+2]. The van der Waals surface area contributed by atoms with Gasteiger partial charge in [-0.05, 0) is 0 Å². The second kappa shape index (κ2) is 11.9. The van der Waals surface area contributed by atoms with Gasteiger partial charge in [-0.3, -0.25) is 0 Å². The summed E-state index contributed by atoms with van der Waals surface area (Å²) in [4.78, 5) is 0. The van der Waals surface area contributed by atoms with E-state index in [0.717, 1.165) is 0 Å². The van der Waals surface area contributed by atoms with Gasteiger partial charge in [0.2, 0.25) is 0 Å². The van der Waals surface area contributed by atoms with E-state index in [1.54, 1.807) is 0 Å². The summed E-state index contributed by atoms with van der Waals surface area (Å²) in [5.74, 6) is 0. The molecule has 0 aromatic carbocycles. The van der Waals surface area contributed by atoms with E-state index in [1.807, 2.05) is 0 Å². The molecule has 0 atom stereocenters. The zero-order valence-corrected chi connectivity index (χ0v) is 11.5. The van der Waals surface area contributed by atoms with Crippen LogP contribution in [0.1, 0.15) is 0 Å². The normalized spacial score (nSPS) is 5.33. The first kappa shape index (κ1) is 16.6. The summed E-state index contributed by atoms with van der Waals surface area (Å²) < 4.78 is -0.833. The van der Waals surface area contributed by atoms with E-state index in [0.29, 0.717) is 0 Å². The van der Waals surface area contributed by atoms with Crippen LogP contribution in [0.25, 0.3) is 0 Å². The van der Waals surface area contributed by atoms with Gasteiger partial charge in [-0.25, -0.2) is 0 Å². The monoisotopic (exact) mass is 300 g/mol. The smallest absolute Gasteiger partial charge is 0.528 e. The minimum absolute atomic E-state index is 0. The third kappa shape index (κ3) is 358. The quantitative estimate of drug-likeness (QED) is 0.391. The molecule has 0 aliphatic heterocycles. The second-order valence-corrected chi connectivity index (χ2v) is 2.60. The van der Waals surface area contributed by atoms with Crippen LogP contribution in [-0.4, -0.2) is 19.0 Å². The summed E-state index contributed by atoms with van der Waals surface area (Å²) in [7, 11) is 0. The van der Waals surface area contributed by atoms with Gasteiger partial charge in [0.05, 0.1) is 0 Å². The minimum atomic E-state index is -0.417. The maximum absolute atomic E-state index is 7.60. The minimum Gasteiger partial charge on any atom is -0.528 e. The molecule has 0 fully saturated rings. The number of aliphatic hydroxyl groups excluding tert-OH is 2. The first-order valence-corrected chi connectivity index (χ1v) is 2.90. The Balaban J connectivity index is -0.0000000720. The summed E-state index contributed by atoms with van der Waals surface area (Å²) in [6.07, 6.45) is 0. The summed E-state index contributed by atoms with van der Waals surface area (Å²) in [5.41, 5.74) is 0. The fraction of sp³-hybridized carbons (Fsp3) is 0. The number of rotatable bonds is 0. The molecule has 0 saturated carbocycles. The first-order chi connectivity index (χ1) is 3.46. The van der Waals surface area contributed by atoms with E-state index in [-0.39, 0.29) is 27.3 Å². The zero-order valence-electron chi connectivity index (χ0n) is 4.23. The summed E-state index contributed by atoms with van der Waals surface area (Å²) in [5, 5.41) is 15.2. The molecule has 9 heavy (non-hydrogen) atoms. The maximum Gasteiger partial charge on any atom is 2.00 e. The molecule has 2 nitrogen and oxygen atoms in total. The Morgan fingerprint density at radius 2 is 1.00 bits per heavy atom. The fourth-order valence-corrected chi connectivity index (χ4v) is 0. The van der Waals surface area contributed by atoms with Crippen molar-refractivity contribution in [2.24, 2.45) is 0 Å². The molecule has 0 aliphatic carbocycles. The van der Waals surface area contributed by atoms with Crippen molar-refractivity contribution in [2.75, 3.05) is 0 Å². The Kier molecular flexibility index (Phi) is 21.9. The molecule has 0 aliphatic rings. The molecular formula is C2H2CdO2S4. The average Bonchev–Trinajstić information content (AvgIpc) is 1.25. The molecule has 0 spiro atoms. The molecular weight excluding hydrogens is 297 g/mol. The van der Waals surface area contributed by atoms with Gasteiger partial charge in [0, 0.05) is 8.77 Å². The van der Waals surface area contributed by atoms with Crippen LogP contribution in [0.3, 0.4) is 0 Å². The predicted molar refractivity (Wildman–Crippen MR) is 45.2 cm³/mol. The Bertz CT molecular complexity index is 74.6. The predicted octanol–water partition coefficient (Wildman–Crippen LogP) is 0.750. The average molecular weight is 299 g/mol. The van der Waals surface area contributed by atoms with Crippen LogP contribution >= 0.6 is 24.4 Å². The molecule has 48 valence electrons. The van der Waals surface area contributed by atoms with E-state index in [2.05, 4.69) is 49.7 Å². The maximum atomic E-state index is 7.60. The van der Waals surface area contributed by atoms with Crippen LogP contribution < -0.4 is 0 Å². The van der Waals surface area contributed by atoms with Crippen LogP contribution in [-0.2, 0) is 52.6 Å². The molecule has 7 heteroatoms. The standard InChI is InChI=1S/2CH2OS2.Cd/c2*2-1(3)4;/h2*(H2,2,3,4);/q;;+2/p-2. The van der Waals surface area contributed by atoms with Crippen LogP contribution in [0.4, 0.5) is 0 Å². The van der Waals surface area contributed by atoms with Gasteiger partial charge in [0.1, 0.15) is 0 Å². The molecule has 0 saturated heterocycles. The largest absolute Gasteiger partial charge is 2.00 e. The van der Waals surface area contributed by atoms with Crippen molar-refractivity contribution in [1.29, 1.82) is 0 Å². The zero-order chi connectivity index (χ0) is 7.15. The van der Waals surface area contributed by atoms with Gasteiger partial charge >= 0.3 is 27.3 Å². The van der Waals surface area contributed by atoms with Crippen molar-refractivity contribution in [3.8, 4) is 0 Å². The Morgan fingerprint density at radius 3 is 1.00 bits per heavy atom. The number of hydrogen-bond donors (Lipinski definition) is 2. The molecule has 2 N–H and O–H groups in total. The van der Waals surface area contributed by atoms with Crippen LogP contribution in [0, 0.1) is 0 Å². The van der Waals surface area contributed by atoms with Gasteiger partial charge in [0.15, 0.2) is 0 Å². The third-order valence-electron chi connectivity index (χ3n) is 0. The van der Waals surface area contributed by atoms with E-state index in [9.17, 15) is 0 Å². The molecule has 0 aromatic heterocycles. The van der Waals surface area contributed by atoms with Crippen molar-refractivity contribution < 1.29 is 37.5 Å². The Hall–Kier alpha value is 1.14. The van der Waals surface area contributed by atoms with Gasteiger partial charge in [0.25, 0.3) is 0 Å². The van der Waals surface area contributed by atoms with Gasteiger partial charge < -0.3 is 59.9 Å². The van der Waals surface area contributed by atoms with Gasteiger partial charge in [-0.15, -0.1) is 0 Å². The molecule has 0 aromatic rings. The van der Waals surface area contributed by atoms with E-state index < -0.39 is 8.77 Å². The van der Waals surface area contributed by atoms with Gasteiger partial charge in [-0.1, -0.05) is 0 Å². The van der Waals surface area contributed by atoms with Crippen molar-refractivity contribution >= 4 is 58.5 Å². The summed E-state index contributed by atoms with van der Waals surface area (Å²) in [6, 6.07) is 0. The molecule has 0 radical (unpaired) electrons. The van der Waals surface area contributed by atoms with Crippen molar-refractivity contribution in [1.82, 2.24) is 0 Å². The molecule has 0 bridgehead atoms. The number of thiocarbonyl (C=S) groups is 2. The molecule has 0 heterocycles. The Morgan fingerprint density at radius 1 is 1.00 bits per heavy atom. The molecule has 0 unspecified atom stereocenters. The molecule has 0 amide bonds. The van der Waals surface area contributed by atoms with E-state index in [1.165, 1.54) is 0 Å². The van der Waals surface area contributed by atoms with Gasteiger partial charge in [-0.2, -0.15) is 0 Å². The van der Waals surface area contributed by atoms with E-state index >= 15 is 0 Å². The third-order valence-corrected chi connectivity index (χ3v) is 0. The Labute approximate surface area is 95.0 Å².